The Balaban J connectivity index is 2.32. The van der Waals surface area contributed by atoms with Crippen molar-refractivity contribution in [2.75, 3.05) is 11.5 Å². The van der Waals surface area contributed by atoms with Crippen molar-refractivity contribution in [3.63, 3.8) is 0 Å². The van der Waals surface area contributed by atoms with E-state index in [1.807, 2.05) is 36.0 Å². The molecular formula is C11H13BrOS. The molecule has 1 aliphatic heterocycles. The molecule has 0 saturated carbocycles. The standard InChI is InChI=1S/C11H13BrOS/c12-10-5-2-1-4-9(10)11(13)6-3-7-14-8-11/h1-2,4-5,13H,3,6-8H2/t11-/m0/s1. The number of hydrogen-bond donors (Lipinski definition) is 1. The zero-order chi connectivity index (χ0) is 10.0. The molecule has 1 aliphatic rings. The monoisotopic (exact) mass is 272 g/mol. The summed E-state index contributed by atoms with van der Waals surface area (Å²) in [7, 11) is 0. The van der Waals surface area contributed by atoms with Gasteiger partial charge in [0.05, 0.1) is 5.60 Å². The third-order valence-corrected chi connectivity index (χ3v) is 4.55. The van der Waals surface area contributed by atoms with E-state index in [-0.39, 0.29) is 0 Å². The summed E-state index contributed by atoms with van der Waals surface area (Å²) in [5.74, 6) is 1.99. The van der Waals surface area contributed by atoms with Crippen LogP contribution in [-0.4, -0.2) is 16.6 Å². The van der Waals surface area contributed by atoms with E-state index in [0.717, 1.165) is 28.6 Å². The molecular weight excluding hydrogens is 260 g/mol. The zero-order valence-electron chi connectivity index (χ0n) is 7.87. The zero-order valence-corrected chi connectivity index (χ0v) is 10.3. The lowest BCUT2D eigenvalue weighted by Crippen LogP contribution is -2.32. The molecule has 2 rings (SSSR count). The number of thioether (sulfide) groups is 1. The lowest BCUT2D eigenvalue weighted by Gasteiger charge is -2.32. The quantitative estimate of drug-likeness (QED) is 0.848. The fourth-order valence-corrected chi connectivity index (χ4v) is 3.62. The van der Waals surface area contributed by atoms with Crippen LogP contribution >= 0.6 is 27.7 Å². The molecule has 1 N–H and O–H groups in total. The predicted octanol–water partition coefficient (Wildman–Crippen LogP) is 3.16. The SMILES string of the molecule is O[C@@]1(c2ccccc2Br)CCCSC1. The Morgan fingerprint density at radius 2 is 2.14 bits per heavy atom. The first-order chi connectivity index (χ1) is 6.72. The highest BCUT2D eigenvalue weighted by atomic mass is 79.9. The maximum atomic E-state index is 10.5. The van der Waals surface area contributed by atoms with Gasteiger partial charge in [-0.2, -0.15) is 11.8 Å². The summed E-state index contributed by atoms with van der Waals surface area (Å²) < 4.78 is 1.02. The van der Waals surface area contributed by atoms with Crippen molar-refractivity contribution >= 4 is 27.7 Å². The first-order valence-electron chi connectivity index (χ1n) is 4.77. The van der Waals surface area contributed by atoms with Gasteiger partial charge >= 0.3 is 0 Å². The van der Waals surface area contributed by atoms with Crippen molar-refractivity contribution in [3.8, 4) is 0 Å². The summed E-state index contributed by atoms with van der Waals surface area (Å²) in [5.41, 5.74) is 0.412. The van der Waals surface area contributed by atoms with Gasteiger partial charge in [-0.3, -0.25) is 0 Å². The summed E-state index contributed by atoms with van der Waals surface area (Å²) >= 11 is 5.33. The van der Waals surface area contributed by atoms with Crippen molar-refractivity contribution in [2.24, 2.45) is 0 Å². The molecule has 1 aromatic rings. The van der Waals surface area contributed by atoms with E-state index in [2.05, 4.69) is 15.9 Å². The van der Waals surface area contributed by atoms with Crippen LogP contribution < -0.4 is 0 Å². The van der Waals surface area contributed by atoms with Crippen LogP contribution in [0.2, 0.25) is 0 Å². The number of aliphatic hydroxyl groups is 1. The summed E-state index contributed by atoms with van der Waals surface area (Å²) in [6.45, 7) is 0. The Hall–Kier alpha value is 0.01000. The predicted molar refractivity (Wildman–Crippen MR) is 64.6 cm³/mol. The molecule has 0 amide bonds. The van der Waals surface area contributed by atoms with E-state index in [0.29, 0.717) is 0 Å². The largest absolute Gasteiger partial charge is 0.384 e. The average molecular weight is 273 g/mol. The number of hydrogen-bond acceptors (Lipinski definition) is 2. The van der Waals surface area contributed by atoms with Gasteiger partial charge in [0, 0.05) is 10.2 Å². The van der Waals surface area contributed by atoms with Crippen LogP contribution in [0.15, 0.2) is 28.7 Å². The maximum Gasteiger partial charge on any atom is 0.0997 e. The lowest BCUT2D eigenvalue weighted by atomic mass is 9.91. The molecule has 1 aromatic carbocycles. The van der Waals surface area contributed by atoms with E-state index in [4.69, 9.17) is 0 Å². The third kappa shape index (κ3) is 2.00. The first-order valence-corrected chi connectivity index (χ1v) is 6.72. The number of benzene rings is 1. The number of halogens is 1. The van der Waals surface area contributed by atoms with Crippen molar-refractivity contribution in [3.05, 3.63) is 34.3 Å². The summed E-state index contributed by atoms with van der Waals surface area (Å²) in [6, 6.07) is 7.97. The fourth-order valence-electron chi connectivity index (χ4n) is 1.83. The third-order valence-electron chi connectivity index (χ3n) is 2.60. The Labute approximate surface area is 97.0 Å². The number of rotatable bonds is 1. The highest BCUT2D eigenvalue weighted by Gasteiger charge is 2.32. The Kier molecular flexibility index (Phi) is 3.20. The molecule has 76 valence electrons. The molecule has 1 heterocycles. The van der Waals surface area contributed by atoms with Crippen molar-refractivity contribution < 1.29 is 5.11 Å². The minimum atomic E-state index is -0.622. The van der Waals surface area contributed by atoms with Crippen LogP contribution in [0.4, 0.5) is 0 Å². The average Bonchev–Trinajstić information content (AvgIpc) is 2.19. The Bertz CT molecular complexity index is 321. The van der Waals surface area contributed by atoms with Gasteiger partial charge in [-0.05, 0) is 30.2 Å². The summed E-state index contributed by atoms with van der Waals surface area (Å²) in [4.78, 5) is 0. The normalized spacial score (nSPS) is 27.6. The summed E-state index contributed by atoms with van der Waals surface area (Å²) in [6.07, 6.45) is 1.98. The minimum absolute atomic E-state index is 0.622. The molecule has 1 nitrogen and oxygen atoms in total. The molecule has 0 aromatic heterocycles. The molecule has 0 aliphatic carbocycles. The molecule has 0 unspecified atom stereocenters. The molecule has 0 bridgehead atoms. The van der Waals surface area contributed by atoms with Crippen LogP contribution in [0, 0.1) is 0 Å². The van der Waals surface area contributed by atoms with E-state index < -0.39 is 5.60 Å². The molecule has 1 fully saturated rings. The molecule has 14 heavy (non-hydrogen) atoms. The molecule has 0 radical (unpaired) electrons. The maximum absolute atomic E-state index is 10.5. The second-order valence-electron chi connectivity index (χ2n) is 3.67. The van der Waals surface area contributed by atoms with Gasteiger partial charge in [0.2, 0.25) is 0 Å². The minimum Gasteiger partial charge on any atom is -0.384 e. The smallest absolute Gasteiger partial charge is 0.0997 e. The molecule has 3 heteroatoms. The van der Waals surface area contributed by atoms with E-state index in [1.165, 1.54) is 5.75 Å². The van der Waals surface area contributed by atoms with Crippen molar-refractivity contribution in [1.29, 1.82) is 0 Å². The van der Waals surface area contributed by atoms with Crippen LogP contribution in [0.1, 0.15) is 18.4 Å². The molecule has 1 atom stereocenters. The highest BCUT2D eigenvalue weighted by Crippen LogP contribution is 2.38. The van der Waals surface area contributed by atoms with Gasteiger partial charge in [0.15, 0.2) is 0 Å². The van der Waals surface area contributed by atoms with Gasteiger partial charge in [0.1, 0.15) is 0 Å². The van der Waals surface area contributed by atoms with Gasteiger partial charge in [-0.1, -0.05) is 34.1 Å². The van der Waals surface area contributed by atoms with Crippen LogP contribution in [0.5, 0.6) is 0 Å². The lowest BCUT2D eigenvalue weighted by molar-refractivity contribution is 0.0488. The molecule has 0 spiro atoms. The van der Waals surface area contributed by atoms with Gasteiger partial charge in [-0.15, -0.1) is 0 Å². The van der Waals surface area contributed by atoms with Gasteiger partial charge in [0.25, 0.3) is 0 Å². The fraction of sp³-hybridized carbons (Fsp3) is 0.455. The van der Waals surface area contributed by atoms with Crippen molar-refractivity contribution in [1.82, 2.24) is 0 Å². The summed E-state index contributed by atoms with van der Waals surface area (Å²) in [5, 5.41) is 10.5. The van der Waals surface area contributed by atoms with Crippen LogP contribution in [0.3, 0.4) is 0 Å². The van der Waals surface area contributed by atoms with Gasteiger partial charge < -0.3 is 5.11 Å². The van der Waals surface area contributed by atoms with Gasteiger partial charge in [-0.25, -0.2) is 0 Å². The Morgan fingerprint density at radius 1 is 1.36 bits per heavy atom. The second-order valence-corrected chi connectivity index (χ2v) is 5.63. The van der Waals surface area contributed by atoms with E-state index in [1.54, 1.807) is 0 Å². The van der Waals surface area contributed by atoms with E-state index in [9.17, 15) is 5.11 Å². The van der Waals surface area contributed by atoms with Crippen LogP contribution in [0.25, 0.3) is 0 Å². The van der Waals surface area contributed by atoms with E-state index >= 15 is 0 Å². The topological polar surface area (TPSA) is 20.2 Å². The molecule has 1 saturated heterocycles. The van der Waals surface area contributed by atoms with Crippen molar-refractivity contribution in [2.45, 2.75) is 18.4 Å². The first kappa shape index (κ1) is 10.5. The Morgan fingerprint density at radius 3 is 2.79 bits per heavy atom. The van der Waals surface area contributed by atoms with Crippen LogP contribution in [-0.2, 0) is 5.60 Å². The second kappa shape index (κ2) is 4.25. The highest BCUT2D eigenvalue weighted by molar-refractivity contribution is 9.10.